The molecular weight excluding hydrogens is 450 g/mol. The van der Waals surface area contributed by atoms with Crippen LogP contribution in [0.1, 0.15) is 38.8 Å². The number of para-hydroxylation sites is 1. The van der Waals surface area contributed by atoms with Crippen LogP contribution in [0, 0.1) is 6.92 Å². The third kappa shape index (κ3) is 3.99. The van der Waals surface area contributed by atoms with Gasteiger partial charge in [0.15, 0.2) is 18.1 Å². The Morgan fingerprint density at radius 3 is 2.65 bits per heavy atom. The molecule has 6 heteroatoms. The second-order valence-corrected chi connectivity index (χ2v) is 8.60. The predicted molar refractivity (Wildman–Crippen MR) is 133 cm³/mol. The average Bonchev–Trinajstić information content (AvgIpc) is 3.35. The van der Waals surface area contributed by atoms with E-state index in [0.717, 1.165) is 28.6 Å². The van der Waals surface area contributed by atoms with Crippen molar-refractivity contribution < 1.29 is 19.1 Å². The minimum Gasteiger partial charge on any atom is -0.485 e. The molecule has 1 aliphatic heterocycles. The number of rotatable bonds is 6. The van der Waals surface area contributed by atoms with E-state index < -0.39 is 0 Å². The van der Waals surface area contributed by atoms with Crippen molar-refractivity contribution in [3.63, 3.8) is 0 Å². The molecule has 5 rings (SSSR count). The van der Waals surface area contributed by atoms with E-state index in [2.05, 4.69) is 17.6 Å². The quantitative estimate of drug-likeness (QED) is 0.238. The van der Waals surface area contributed by atoms with E-state index in [1.807, 2.05) is 31.3 Å². The zero-order valence-corrected chi connectivity index (χ0v) is 19.6. The molecule has 34 heavy (non-hydrogen) atoms. The molecule has 0 aliphatic carbocycles. The van der Waals surface area contributed by atoms with Crippen molar-refractivity contribution in [3.8, 4) is 11.5 Å². The molecule has 1 aromatic heterocycles. The van der Waals surface area contributed by atoms with Crippen LogP contribution in [-0.2, 0) is 6.54 Å². The molecule has 170 valence electrons. The van der Waals surface area contributed by atoms with Crippen LogP contribution in [0.2, 0.25) is 5.02 Å². The van der Waals surface area contributed by atoms with Gasteiger partial charge in [0.05, 0.1) is 5.56 Å². The fraction of sp³-hybridized carbons (Fsp3) is 0.143. The summed E-state index contributed by atoms with van der Waals surface area (Å²) in [5.74, 6) is 0.843. The number of benzene rings is 3. The van der Waals surface area contributed by atoms with Crippen LogP contribution >= 0.6 is 11.6 Å². The number of aromatic nitrogens is 1. The summed E-state index contributed by atoms with van der Waals surface area (Å²) >= 11 is 5.88. The van der Waals surface area contributed by atoms with Crippen LogP contribution in [0.15, 0.2) is 72.6 Å². The van der Waals surface area contributed by atoms with E-state index in [4.69, 9.17) is 21.1 Å². The van der Waals surface area contributed by atoms with Gasteiger partial charge in [-0.1, -0.05) is 29.8 Å². The van der Waals surface area contributed by atoms with Crippen LogP contribution in [0.4, 0.5) is 0 Å². The number of carbonyl (C=O) groups excluding carboxylic acids is 2. The number of carbonyl (C=O) groups is 2. The average molecular weight is 472 g/mol. The molecule has 0 amide bonds. The minimum absolute atomic E-state index is 0.132. The van der Waals surface area contributed by atoms with Gasteiger partial charge in [0.2, 0.25) is 5.78 Å². The van der Waals surface area contributed by atoms with Gasteiger partial charge >= 0.3 is 0 Å². The van der Waals surface area contributed by atoms with Gasteiger partial charge in [-0.15, -0.1) is 0 Å². The number of ether oxygens (including phenoxy) is 2. The molecule has 0 N–H and O–H groups in total. The second kappa shape index (κ2) is 8.84. The summed E-state index contributed by atoms with van der Waals surface area (Å²) in [6.07, 6.45) is 3.82. The van der Waals surface area contributed by atoms with Gasteiger partial charge in [-0.25, -0.2) is 0 Å². The summed E-state index contributed by atoms with van der Waals surface area (Å²) < 4.78 is 13.8. The van der Waals surface area contributed by atoms with E-state index in [-0.39, 0.29) is 23.9 Å². The Morgan fingerprint density at radius 1 is 1.12 bits per heavy atom. The van der Waals surface area contributed by atoms with Gasteiger partial charge < -0.3 is 14.0 Å². The first-order chi connectivity index (χ1) is 16.4. The highest BCUT2D eigenvalue weighted by atomic mass is 35.5. The highest BCUT2D eigenvalue weighted by Gasteiger charge is 2.30. The third-order valence-corrected chi connectivity index (χ3v) is 6.18. The van der Waals surface area contributed by atoms with Crippen LogP contribution in [0.3, 0.4) is 0 Å². The van der Waals surface area contributed by atoms with Crippen molar-refractivity contribution in [2.24, 2.45) is 0 Å². The molecule has 5 nitrogen and oxygen atoms in total. The van der Waals surface area contributed by atoms with Gasteiger partial charge in [0, 0.05) is 45.9 Å². The fourth-order valence-corrected chi connectivity index (χ4v) is 4.35. The molecule has 0 unspecified atom stereocenters. The Kier molecular flexibility index (Phi) is 5.72. The molecular formula is C28H22ClNO4. The first kappa shape index (κ1) is 22.0. The Hall–Kier alpha value is -3.83. The largest absolute Gasteiger partial charge is 0.485 e. The summed E-state index contributed by atoms with van der Waals surface area (Å²) in [6, 6.07) is 18.1. The zero-order valence-electron chi connectivity index (χ0n) is 18.8. The molecule has 0 spiro atoms. The van der Waals surface area contributed by atoms with Crippen LogP contribution in [-0.4, -0.2) is 22.7 Å². The molecule has 0 bridgehead atoms. The van der Waals surface area contributed by atoms with Gasteiger partial charge in [-0.3, -0.25) is 9.59 Å². The molecule has 4 aromatic rings. The Labute approximate surface area is 202 Å². The van der Waals surface area contributed by atoms with Crippen LogP contribution in [0.5, 0.6) is 11.5 Å². The highest BCUT2D eigenvalue weighted by molar-refractivity contribution is 6.30. The number of fused-ring (bicyclic) bond motifs is 2. The fourth-order valence-electron chi connectivity index (χ4n) is 4.22. The Morgan fingerprint density at radius 2 is 1.88 bits per heavy atom. The molecule has 0 atom stereocenters. The SMILES string of the molecule is CCn1cc(/C=C2\Oc3cc(OCC(=O)c4ccc(Cl)cc4)cc(C)c3C2=O)c2ccccc21. The first-order valence-electron chi connectivity index (χ1n) is 11.0. The normalized spacial score (nSPS) is 13.9. The second-order valence-electron chi connectivity index (χ2n) is 8.16. The van der Waals surface area contributed by atoms with E-state index in [0.29, 0.717) is 27.6 Å². The number of nitrogens with zero attached hydrogens (tertiary/aromatic N) is 1. The lowest BCUT2D eigenvalue weighted by Gasteiger charge is -2.09. The maximum atomic E-state index is 13.1. The number of ketones is 2. The maximum Gasteiger partial charge on any atom is 0.232 e. The summed E-state index contributed by atoms with van der Waals surface area (Å²) in [6.45, 7) is 4.61. The maximum absolute atomic E-state index is 13.1. The van der Waals surface area contributed by atoms with E-state index >= 15 is 0 Å². The van der Waals surface area contributed by atoms with Crippen molar-refractivity contribution >= 4 is 40.1 Å². The van der Waals surface area contributed by atoms with Crippen molar-refractivity contribution in [2.75, 3.05) is 6.61 Å². The lowest BCUT2D eigenvalue weighted by atomic mass is 10.0. The van der Waals surface area contributed by atoms with Gasteiger partial charge in [-0.05, 0) is 61.9 Å². The van der Waals surface area contributed by atoms with Crippen LogP contribution < -0.4 is 9.47 Å². The van der Waals surface area contributed by atoms with E-state index in [1.54, 1.807) is 42.5 Å². The standard InChI is InChI=1S/C28H22ClNO4/c1-3-30-15-19(22-6-4-5-7-23(22)30)13-26-28(32)27-17(2)12-21(14-25(27)34-26)33-16-24(31)18-8-10-20(29)11-9-18/h4-15H,3,16H2,1-2H3/b26-13-. The van der Waals surface area contributed by atoms with Gasteiger partial charge in [0.1, 0.15) is 11.5 Å². The molecule has 0 saturated carbocycles. The van der Waals surface area contributed by atoms with Gasteiger partial charge in [0.25, 0.3) is 0 Å². The number of Topliss-reactive ketones (excluding diaryl/α,β-unsaturated/α-hetero) is 2. The van der Waals surface area contributed by atoms with Crippen molar-refractivity contribution in [1.82, 2.24) is 4.57 Å². The minimum atomic E-state index is -0.167. The molecule has 3 aromatic carbocycles. The lowest BCUT2D eigenvalue weighted by molar-refractivity contribution is 0.0920. The molecule has 0 fully saturated rings. The summed E-state index contributed by atoms with van der Waals surface area (Å²) in [5.41, 5.74) is 3.80. The van der Waals surface area contributed by atoms with Crippen LogP contribution in [0.25, 0.3) is 17.0 Å². The number of hydrogen-bond acceptors (Lipinski definition) is 4. The lowest BCUT2D eigenvalue weighted by Crippen LogP contribution is -2.11. The van der Waals surface area contributed by atoms with E-state index in [9.17, 15) is 9.59 Å². The molecule has 0 saturated heterocycles. The number of aryl methyl sites for hydroxylation is 2. The Balaban J connectivity index is 1.39. The highest BCUT2D eigenvalue weighted by Crippen LogP contribution is 2.38. The number of allylic oxidation sites excluding steroid dienone is 1. The summed E-state index contributed by atoms with van der Waals surface area (Å²) in [7, 11) is 0. The van der Waals surface area contributed by atoms with Gasteiger partial charge in [-0.2, -0.15) is 0 Å². The Bertz CT molecular complexity index is 1460. The van der Waals surface area contributed by atoms with E-state index in [1.165, 1.54) is 0 Å². The summed E-state index contributed by atoms with van der Waals surface area (Å²) in [5, 5.41) is 1.63. The number of hydrogen-bond donors (Lipinski definition) is 0. The topological polar surface area (TPSA) is 57.5 Å². The van der Waals surface area contributed by atoms with Crippen molar-refractivity contribution in [3.05, 3.63) is 99.9 Å². The van der Waals surface area contributed by atoms with Crippen molar-refractivity contribution in [1.29, 1.82) is 0 Å². The van der Waals surface area contributed by atoms with Crippen molar-refractivity contribution in [2.45, 2.75) is 20.4 Å². The predicted octanol–water partition coefficient (Wildman–Crippen LogP) is 6.50. The molecule has 2 heterocycles. The number of halogens is 1. The molecule has 0 radical (unpaired) electrons. The molecule has 1 aliphatic rings. The monoisotopic (exact) mass is 471 g/mol. The smallest absolute Gasteiger partial charge is 0.232 e. The zero-order chi connectivity index (χ0) is 23.8. The first-order valence-corrected chi connectivity index (χ1v) is 11.4. The third-order valence-electron chi connectivity index (χ3n) is 5.93. The summed E-state index contributed by atoms with van der Waals surface area (Å²) in [4.78, 5) is 25.5.